The number of methoxy groups -OCH3 is 1. The zero-order chi connectivity index (χ0) is 54.9. The summed E-state index contributed by atoms with van der Waals surface area (Å²) in [5.41, 5.74) is -2.27. The van der Waals surface area contributed by atoms with Crippen LogP contribution in [0.2, 0.25) is 5.02 Å². The average molecular weight is 1060 g/mol. The Hall–Kier alpha value is -7.13. The van der Waals surface area contributed by atoms with E-state index in [1.165, 1.54) is 70.3 Å². The number of pyridine rings is 1. The van der Waals surface area contributed by atoms with Crippen molar-refractivity contribution in [2.45, 2.75) is 111 Å². The highest BCUT2D eigenvalue weighted by atomic mass is 35.5. The average Bonchev–Trinajstić information content (AvgIpc) is 4.05. The van der Waals surface area contributed by atoms with Gasteiger partial charge in [0.1, 0.15) is 46.1 Å². The molecule has 1 fully saturated rings. The van der Waals surface area contributed by atoms with E-state index in [1.54, 1.807) is 38.3 Å². The summed E-state index contributed by atoms with van der Waals surface area (Å²) >= 11 is 6.95. The molecule has 9 rings (SSSR count). The van der Waals surface area contributed by atoms with Gasteiger partial charge in [0.15, 0.2) is 5.75 Å². The quantitative estimate of drug-likeness (QED) is 0.0494. The maximum absolute atomic E-state index is 16.3. The molecule has 0 saturated heterocycles. The van der Waals surface area contributed by atoms with Crippen LogP contribution in [0.25, 0.3) is 21.7 Å². The number of nitrogens with zero attached hydrogens (tertiary/aromatic N) is 2. The maximum Gasteiger partial charge on any atom is 0.341 e. The van der Waals surface area contributed by atoms with E-state index < -0.39 is 128 Å². The molecule has 75 heavy (non-hydrogen) atoms. The highest BCUT2D eigenvalue weighted by Crippen LogP contribution is 2.57. The third kappa shape index (κ3) is 9.64. The zero-order valence-electron chi connectivity index (χ0n) is 42.7. The van der Waals surface area contributed by atoms with E-state index in [9.17, 15) is 54.6 Å². The number of carbonyl (C=O) groups is 4. The van der Waals surface area contributed by atoms with Crippen molar-refractivity contribution in [2.24, 2.45) is 23.7 Å². The van der Waals surface area contributed by atoms with Gasteiger partial charge in [-0.1, -0.05) is 57.5 Å². The number of esters is 1. The predicted octanol–water partition coefficient (Wildman–Crippen LogP) is 8.06. The van der Waals surface area contributed by atoms with Gasteiger partial charge >= 0.3 is 17.7 Å². The molecule has 400 valence electrons. The number of fused-ring (bicyclic) bond motifs is 15. The van der Waals surface area contributed by atoms with Gasteiger partial charge in [0.25, 0.3) is 11.7 Å². The topological polar surface area (TPSA) is 276 Å². The van der Waals surface area contributed by atoms with Crippen LogP contribution in [0.1, 0.15) is 100 Å². The Labute approximate surface area is 435 Å². The molecule has 21 heteroatoms. The number of ether oxygens (including phenoxy) is 4. The minimum absolute atomic E-state index is 0.0398. The predicted molar refractivity (Wildman–Crippen MR) is 276 cm³/mol. The molecule has 4 aromatic rings. The number of amides is 1. The number of aliphatic hydroxyl groups is 2. The van der Waals surface area contributed by atoms with Crippen molar-refractivity contribution in [3.05, 3.63) is 98.1 Å². The van der Waals surface area contributed by atoms with Crippen molar-refractivity contribution in [1.29, 1.82) is 0 Å². The summed E-state index contributed by atoms with van der Waals surface area (Å²) in [7, 11) is 1.40. The number of hydrogen-bond donors (Lipinski definition) is 8. The Bertz CT molecular complexity index is 3260. The van der Waals surface area contributed by atoms with Crippen LogP contribution in [-0.2, 0) is 23.8 Å². The molecule has 1 saturated carbocycles. The van der Waals surface area contributed by atoms with E-state index in [2.05, 4.69) is 10.6 Å². The Morgan fingerprint density at radius 2 is 1.67 bits per heavy atom. The van der Waals surface area contributed by atoms with Crippen LogP contribution in [0, 0.1) is 36.4 Å². The van der Waals surface area contributed by atoms with E-state index in [4.69, 9.17) is 30.5 Å². The number of aliphatic hydroxyl groups excluding tert-OH is 2. The molecule has 9 atom stereocenters. The molecule has 1 amide bonds. The summed E-state index contributed by atoms with van der Waals surface area (Å²) in [6.07, 6.45) is 7.10. The largest absolute Gasteiger partial charge is 0.507 e. The van der Waals surface area contributed by atoms with E-state index >= 15 is 4.39 Å². The van der Waals surface area contributed by atoms with Crippen LogP contribution >= 0.6 is 11.6 Å². The van der Waals surface area contributed by atoms with Gasteiger partial charge in [-0.25, -0.2) is 9.18 Å². The van der Waals surface area contributed by atoms with Crippen LogP contribution in [0.3, 0.4) is 0 Å². The number of ketones is 1. The lowest BCUT2D eigenvalue weighted by molar-refractivity contribution is -0.160. The van der Waals surface area contributed by atoms with Gasteiger partial charge < -0.3 is 69.7 Å². The lowest BCUT2D eigenvalue weighted by atomic mass is 9.78. The molecular formula is C54H60ClFN4O15. The number of aromatic hydroxyl groups is 3. The Morgan fingerprint density at radius 1 is 0.973 bits per heavy atom. The number of halogens is 2. The van der Waals surface area contributed by atoms with Crippen LogP contribution < -0.4 is 25.7 Å². The first-order valence-corrected chi connectivity index (χ1v) is 24.8. The number of phenols is 3. The normalized spacial score (nSPS) is 26.5. The molecule has 5 bridgehead atoms. The van der Waals surface area contributed by atoms with Crippen molar-refractivity contribution >= 4 is 74.0 Å². The highest BCUT2D eigenvalue weighted by Gasteiger charge is 2.50. The standard InChI is InChI=1S/C54H60ClFN4O15/c1-22-11-10-12-23(2)52(69)58-40-39(57-29-15-17-59(20-29)42-33(56)19-31-41(38(42)55)60(30-13-14-30)21-32(46(31)65)53(70)71)47(66)35-36(48(40)67)45(64)27(6)50-37(35)51(68)54(8,75-50)73-18-16-34(72-9)24(3)49(74-28(7)61)26(5)44(63)25(4)43(22)62/h10-12,16,18-22,24-26,30,34,43-44,49,57,62-64,66-67H,13-15,17H2,1-9H3,(H,58,69)(H,70,71)/t22-,24+,25+,26+,34-,43-,44+,49+,54-/m0/s1. The molecule has 0 radical (unpaired) electrons. The van der Waals surface area contributed by atoms with Gasteiger partial charge in [0.05, 0.1) is 57.1 Å². The molecule has 1 aliphatic carbocycles. The number of hydrogen-bond acceptors (Lipinski definition) is 16. The Kier molecular flexibility index (Phi) is 14.8. The minimum Gasteiger partial charge on any atom is -0.507 e. The third-order valence-corrected chi connectivity index (χ3v) is 15.2. The van der Waals surface area contributed by atoms with Crippen LogP contribution in [0.5, 0.6) is 23.0 Å². The number of carboxylic acid groups (broad SMARTS) is 1. The van der Waals surface area contributed by atoms with Gasteiger partial charge in [-0.2, -0.15) is 0 Å². The fourth-order valence-electron chi connectivity index (χ4n) is 10.3. The van der Waals surface area contributed by atoms with E-state index in [-0.39, 0.29) is 74.5 Å². The molecule has 5 aliphatic rings. The first-order valence-electron chi connectivity index (χ1n) is 24.5. The van der Waals surface area contributed by atoms with Crippen molar-refractivity contribution in [3.8, 4) is 23.0 Å². The first-order chi connectivity index (χ1) is 35.3. The fraction of sp³-hybridized carbons (Fsp3) is 0.426. The summed E-state index contributed by atoms with van der Waals surface area (Å²) in [6.45, 7) is 12.2. The molecule has 4 aliphatic heterocycles. The number of nitrogens with one attached hydrogen (secondary N) is 2. The first kappa shape index (κ1) is 54.1. The second-order valence-electron chi connectivity index (χ2n) is 20.0. The van der Waals surface area contributed by atoms with E-state index in [1.807, 2.05) is 0 Å². The third-order valence-electron chi connectivity index (χ3n) is 14.9. The van der Waals surface area contributed by atoms with Gasteiger partial charge in [-0.15, -0.1) is 0 Å². The van der Waals surface area contributed by atoms with E-state index in [0.29, 0.717) is 12.8 Å². The van der Waals surface area contributed by atoms with E-state index in [0.717, 1.165) is 12.3 Å². The molecule has 3 aromatic carbocycles. The lowest BCUT2D eigenvalue weighted by Gasteiger charge is -2.38. The van der Waals surface area contributed by atoms with Gasteiger partial charge in [-0.05, 0) is 38.8 Å². The number of Topliss-reactive ketones (excluding diaryl/α,β-unsaturated/α-hetero) is 1. The molecular weight excluding hydrogens is 999 g/mol. The summed E-state index contributed by atoms with van der Waals surface area (Å²) < 4.78 is 41.6. The minimum atomic E-state index is -2.17. The number of aromatic nitrogens is 1. The van der Waals surface area contributed by atoms with Gasteiger partial charge in [-0.3, -0.25) is 19.2 Å². The Morgan fingerprint density at radius 3 is 2.31 bits per heavy atom. The number of aromatic carboxylic acids is 1. The Balaban J connectivity index is 1.26. The zero-order valence-corrected chi connectivity index (χ0v) is 43.4. The molecule has 0 spiro atoms. The highest BCUT2D eigenvalue weighted by molar-refractivity contribution is 6.38. The van der Waals surface area contributed by atoms with Crippen molar-refractivity contribution in [3.63, 3.8) is 0 Å². The van der Waals surface area contributed by atoms with Crippen molar-refractivity contribution in [2.75, 3.05) is 29.2 Å². The number of phenolic OH excluding ortho intramolecular Hbond substituents is 3. The summed E-state index contributed by atoms with van der Waals surface area (Å²) in [4.78, 5) is 68.1. The van der Waals surface area contributed by atoms with Gasteiger partial charge in [0.2, 0.25) is 5.43 Å². The van der Waals surface area contributed by atoms with Crippen molar-refractivity contribution < 1.29 is 73.2 Å². The number of rotatable bonds is 7. The SMILES string of the molecule is CO[C@H]1C=CO[C@@]2(C)Oc3c(C)c(O)c4c(O)c(c(NC5=CN(c6c(F)cc7c(=O)c(C(=O)O)cn(C8CC8)c7c6Cl)CC5)c(O)c4c3C2=O)NC(=O)C(C)=CC=C[C@H](C)[C@H](O)[C@@H](C)[C@@H](O)[C@@H](C)[C@H](OC(C)=O)[C@@H]1C. The molecule has 8 N–H and O–H groups in total. The summed E-state index contributed by atoms with van der Waals surface area (Å²) in [5, 5.41) is 73.9. The molecule has 5 heterocycles. The number of benzene rings is 3. The van der Waals surface area contributed by atoms with Crippen LogP contribution in [0.15, 0.2) is 65.1 Å². The monoisotopic (exact) mass is 1060 g/mol. The summed E-state index contributed by atoms with van der Waals surface area (Å²) in [5.74, 6) is -12.0. The van der Waals surface area contributed by atoms with Crippen LogP contribution in [0.4, 0.5) is 21.5 Å². The fourth-order valence-corrected chi connectivity index (χ4v) is 10.7. The number of allylic oxidation sites excluding steroid dienone is 2. The second-order valence-corrected chi connectivity index (χ2v) is 20.4. The maximum atomic E-state index is 16.3. The number of anilines is 3. The molecule has 19 nitrogen and oxygen atoms in total. The van der Waals surface area contributed by atoms with Crippen LogP contribution in [-0.4, -0.2) is 103 Å². The van der Waals surface area contributed by atoms with Gasteiger partial charge in [0, 0.05) is 98.3 Å². The van der Waals surface area contributed by atoms with Crippen molar-refractivity contribution in [1.82, 2.24) is 4.57 Å². The smallest absolute Gasteiger partial charge is 0.341 e. The molecule has 0 unspecified atom stereocenters. The molecule has 1 aromatic heterocycles. The number of carbonyl (C=O) groups excluding carboxylic acids is 3. The summed E-state index contributed by atoms with van der Waals surface area (Å²) in [6, 6.07) is 0.770. The number of carboxylic acids is 1. The second kappa shape index (κ2) is 20.5. The lowest BCUT2D eigenvalue weighted by Crippen LogP contribution is -2.46.